The smallest absolute Gasteiger partial charge is 0.317 e. The molecular weight excluding hydrogens is 196 g/mol. The lowest BCUT2D eigenvalue weighted by Crippen LogP contribution is -2.46. The van der Waals surface area contributed by atoms with E-state index >= 15 is 0 Å². The fourth-order valence-electron chi connectivity index (χ4n) is 1.07. The van der Waals surface area contributed by atoms with Crippen LogP contribution >= 0.6 is 0 Å². The van der Waals surface area contributed by atoms with E-state index in [1.165, 1.54) is 10.8 Å². The average Bonchev–Trinajstić information content (AvgIpc) is 2.60. The van der Waals surface area contributed by atoms with Crippen molar-refractivity contribution in [2.24, 2.45) is 11.7 Å². The van der Waals surface area contributed by atoms with Gasteiger partial charge in [-0.15, -0.1) is 6.58 Å². The Balaban J connectivity index is 2.66. The van der Waals surface area contributed by atoms with E-state index in [2.05, 4.69) is 6.58 Å². The molecule has 1 rings (SSSR count). The number of carbonyl (C=O) groups is 1. The van der Waals surface area contributed by atoms with Crippen LogP contribution in [0.5, 0.6) is 0 Å². The van der Waals surface area contributed by atoms with E-state index in [9.17, 15) is 13.2 Å². The normalized spacial score (nSPS) is 32.3. The van der Waals surface area contributed by atoms with Crippen molar-refractivity contribution in [3.63, 3.8) is 0 Å². The van der Waals surface area contributed by atoms with E-state index < -0.39 is 21.8 Å². The maximum Gasteiger partial charge on any atom is 0.359 e. The van der Waals surface area contributed by atoms with Crippen molar-refractivity contribution in [1.29, 1.82) is 0 Å². The standard InChI is InChI=1S/C6H10N2O4S/c1-2-4-3-6(4,7)5(9)8-13(10,11)12/h2,4H,1,3,7H2,(H,8,9)(H,10,11,12). The molecule has 0 bridgehead atoms. The minimum atomic E-state index is -4.51. The number of rotatable bonds is 3. The Labute approximate surface area is 75.7 Å². The van der Waals surface area contributed by atoms with Crippen LogP contribution in [-0.4, -0.2) is 24.4 Å². The molecule has 1 amide bonds. The molecule has 4 N–H and O–H groups in total. The molecule has 0 aromatic rings. The number of nitrogens with one attached hydrogen (secondary N) is 1. The molecule has 2 atom stereocenters. The third kappa shape index (κ3) is 2.06. The van der Waals surface area contributed by atoms with E-state index in [0.29, 0.717) is 6.42 Å². The zero-order valence-electron chi connectivity index (χ0n) is 6.73. The monoisotopic (exact) mass is 206 g/mol. The Morgan fingerprint density at radius 2 is 2.31 bits per heavy atom. The van der Waals surface area contributed by atoms with Crippen molar-refractivity contribution in [1.82, 2.24) is 4.72 Å². The summed E-state index contributed by atoms with van der Waals surface area (Å²) in [6.07, 6.45) is 1.82. The summed E-state index contributed by atoms with van der Waals surface area (Å²) in [7, 11) is -4.51. The Kier molecular flexibility index (Phi) is 2.18. The maximum atomic E-state index is 11.1. The summed E-state index contributed by atoms with van der Waals surface area (Å²) in [5, 5.41) is 0. The number of amides is 1. The topological polar surface area (TPSA) is 109 Å². The van der Waals surface area contributed by atoms with Crippen LogP contribution < -0.4 is 10.5 Å². The number of carbonyl (C=O) groups excluding carboxylic acids is 1. The van der Waals surface area contributed by atoms with Gasteiger partial charge in [-0.3, -0.25) is 9.35 Å². The third-order valence-corrected chi connectivity index (χ3v) is 2.43. The highest BCUT2D eigenvalue weighted by atomic mass is 32.2. The molecule has 0 radical (unpaired) electrons. The lowest BCUT2D eigenvalue weighted by Gasteiger charge is -2.08. The minimum absolute atomic E-state index is 0.228. The fraction of sp³-hybridized carbons (Fsp3) is 0.500. The van der Waals surface area contributed by atoms with Gasteiger partial charge in [-0.1, -0.05) is 6.08 Å². The van der Waals surface area contributed by atoms with Gasteiger partial charge in [-0.25, -0.2) is 4.72 Å². The molecule has 0 aromatic carbocycles. The highest BCUT2D eigenvalue weighted by Crippen LogP contribution is 2.41. The van der Waals surface area contributed by atoms with Gasteiger partial charge in [0.1, 0.15) is 5.54 Å². The van der Waals surface area contributed by atoms with E-state index in [1.807, 2.05) is 0 Å². The second-order valence-electron chi connectivity index (χ2n) is 2.99. The number of hydrogen-bond donors (Lipinski definition) is 3. The van der Waals surface area contributed by atoms with Crippen LogP contribution in [0.1, 0.15) is 6.42 Å². The largest absolute Gasteiger partial charge is 0.359 e. The first kappa shape index (κ1) is 10.2. The molecule has 1 fully saturated rings. The predicted octanol–water partition coefficient (Wildman–Crippen LogP) is -1.19. The van der Waals surface area contributed by atoms with Gasteiger partial charge in [0.2, 0.25) is 0 Å². The van der Waals surface area contributed by atoms with Crippen LogP contribution in [0.3, 0.4) is 0 Å². The first-order chi connectivity index (χ1) is 5.79. The summed E-state index contributed by atoms with van der Waals surface area (Å²) in [5.41, 5.74) is 4.27. The molecule has 74 valence electrons. The van der Waals surface area contributed by atoms with Gasteiger partial charge < -0.3 is 5.73 Å². The van der Waals surface area contributed by atoms with Gasteiger partial charge in [-0.05, 0) is 6.42 Å². The molecule has 1 aliphatic rings. The van der Waals surface area contributed by atoms with Crippen LogP contribution in [0.25, 0.3) is 0 Å². The van der Waals surface area contributed by atoms with Gasteiger partial charge >= 0.3 is 10.3 Å². The van der Waals surface area contributed by atoms with Crippen molar-refractivity contribution in [2.75, 3.05) is 0 Å². The van der Waals surface area contributed by atoms with E-state index in [4.69, 9.17) is 10.3 Å². The third-order valence-electron chi connectivity index (χ3n) is 1.99. The van der Waals surface area contributed by atoms with Gasteiger partial charge in [-0.2, -0.15) is 8.42 Å². The molecule has 1 aliphatic carbocycles. The molecule has 7 heteroatoms. The average molecular weight is 206 g/mol. The second-order valence-corrected chi connectivity index (χ2v) is 4.15. The fourth-order valence-corrected chi connectivity index (χ4v) is 1.50. The summed E-state index contributed by atoms with van der Waals surface area (Å²) in [5.74, 6) is -1.13. The molecule has 0 aromatic heterocycles. The van der Waals surface area contributed by atoms with Crippen molar-refractivity contribution < 1.29 is 17.8 Å². The van der Waals surface area contributed by atoms with Crippen LogP contribution in [0.2, 0.25) is 0 Å². The van der Waals surface area contributed by atoms with Gasteiger partial charge in [0, 0.05) is 5.92 Å². The SMILES string of the molecule is C=CC1CC1(N)C(=O)NS(=O)(=O)O. The predicted molar refractivity (Wildman–Crippen MR) is 44.9 cm³/mol. The van der Waals surface area contributed by atoms with E-state index in [1.54, 1.807) is 0 Å². The summed E-state index contributed by atoms with van der Waals surface area (Å²) in [6, 6.07) is 0. The molecule has 0 spiro atoms. The van der Waals surface area contributed by atoms with Gasteiger partial charge in [0.15, 0.2) is 0 Å². The first-order valence-electron chi connectivity index (χ1n) is 3.50. The van der Waals surface area contributed by atoms with E-state index in [0.717, 1.165) is 0 Å². The van der Waals surface area contributed by atoms with Crippen molar-refractivity contribution in [3.8, 4) is 0 Å². The summed E-state index contributed by atoms with van der Waals surface area (Å²) >= 11 is 0. The number of hydrogen-bond acceptors (Lipinski definition) is 4. The molecule has 2 unspecified atom stereocenters. The molecule has 0 aliphatic heterocycles. The van der Waals surface area contributed by atoms with Crippen molar-refractivity contribution in [3.05, 3.63) is 12.7 Å². The quantitative estimate of drug-likeness (QED) is 0.397. The first-order valence-corrected chi connectivity index (χ1v) is 4.94. The minimum Gasteiger partial charge on any atom is -0.317 e. The molecule has 0 heterocycles. The Morgan fingerprint density at radius 3 is 2.62 bits per heavy atom. The second kappa shape index (κ2) is 2.79. The van der Waals surface area contributed by atoms with Crippen LogP contribution in [0, 0.1) is 5.92 Å². The summed E-state index contributed by atoms with van der Waals surface area (Å²) in [6.45, 7) is 3.43. The zero-order chi connectivity index (χ0) is 10.3. The lowest BCUT2D eigenvalue weighted by molar-refractivity contribution is -0.121. The Hall–Kier alpha value is -0.920. The maximum absolute atomic E-state index is 11.1. The molecule has 0 saturated heterocycles. The Morgan fingerprint density at radius 1 is 1.77 bits per heavy atom. The van der Waals surface area contributed by atoms with Crippen LogP contribution in [-0.2, 0) is 15.1 Å². The summed E-state index contributed by atoms with van der Waals surface area (Å²) in [4.78, 5) is 11.1. The highest BCUT2D eigenvalue weighted by molar-refractivity contribution is 7.84. The van der Waals surface area contributed by atoms with Gasteiger partial charge in [0.05, 0.1) is 0 Å². The van der Waals surface area contributed by atoms with Crippen LogP contribution in [0.15, 0.2) is 12.7 Å². The zero-order valence-corrected chi connectivity index (χ0v) is 7.54. The molecule has 6 nitrogen and oxygen atoms in total. The van der Waals surface area contributed by atoms with Crippen molar-refractivity contribution in [2.45, 2.75) is 12.0 Å². The summed E-state index contributed by atoms with van der Waals surface area (Å²) < 4.78 is 30.2. The van der Waals surface area contributed by atoms with Gasteiger partial charge in [0.25, 0.3) is 5.91 Å². The van der Waals surface area contributed by atoms with Crippen LogP contribution in [0.4, 0.5) is 0 Å². The molecular formula is C6H10N2O4S. The molecule has 13 heavy (non-hydrogen) atoms. The number of nitrogens with two attached hydrogens (primary N) is 1. The van der Waals surface area contributed by atoms with E-state index in [-0.39, 0.29) is 5.92 Å². The Bertz CT molecular complexity index is 350. The lowest BCUT2D eigenvalue weighted by atomic mass is 10.2. The van der Waals surface area contributed by atoms with Crippen molar-refractivity contribution >= 4 is 16.2 Å². The highest BCUT2D eigenvalue weighted by Gasteiger charge is 2.56. The molecule has 1 saturated carbocycles.